The van der Waals surface area contributed by atoms with Crippen molar-refractivity contribution in [3.8, 4) is 0 Å². The molecule has 3 rings (SSSR count). The summed E-state index contributed by atoms with van der Waals surface area (Å²) in [4.78, 5) is 11.8. The fourth-order valence-electron chi connectivity index (χ4n) is 2.95. The molecule has 1 spiro atoms. The average molecular weight is 229 g/mol. The normalized spacial score (nSPS) is 38.1. The molecule has 3 aliphatic carbocycles. The number of amides is 1. The summed E-state index contributed by atoms with van der Waals surface area (Å²) in [5.41, 5.74) is 0.347. The van der Waals surface area contributed by atoms with Crippen LogP contribution in [0.25, 0.3) is 0 Å². The highest BCUT2D eigenvalue weighted by molar-refractivity contribution is 5.80. The van der Waals surface area contributed by atoms with E-state index in [0.29, 0.717) is 18.3 Å². The summed E-state index contributed by atoms with van der Waals surface area (Å²) < 4.78 is 27.1. The van der Waals surface area contributed by atoms with Gasteiger partial charge in [-0.25, -0.2) is 8.78 Å². The third-order valence-electron chi connectivity index (χ3n) is 4.48. The van der Waals surface area contributed by atoms with E-state index in [2.05, 4.69) is 5.32 Å². The van der Waals surface area contributed by atoms with Crippen LogP contribution >= 0.6 is 0 Å². The van der Waals surface area contributed by atoms with E-state index in [-0.39, 0.29) is 12.5 Å². The summed E-state index contributed by atoms with van der Waals surface area (Å²) in [7, 11) is 0. The zero-order valence-electron chi connectivity index (χ0n) is 9.27. The molecule has 0 radical (unpaired) electrons. The first-order valence-electron chi connectivity index (χ1n) is 6.22. The average Bonchev–Trinajstić information content (AvgIpc) is 3.08. The number of carbonyl (C=O) groups is 1. The highest BCUT2D eigenvalue weighted by Gasteiger charge is 2.64. The summed E-state index contributed by atoms with van der Waals surface area (Å²) in [6.45, 7) is 0. The lowest BCUT2D eigenvalue weighted by atomic mass is 9.85. The number of halogens is 2. The van der Waals surface area contributed by atoms with Gasteiger partial charge in [0.05, 0.1) is 0 Å². The number of alkyl halides is 2. The monoisotopic (exact) mass is 229 g/mol. The lowest BCUT2D eigenvalue weighted by Gasteiger charge is -2.30. The van der Waals surface area contributed by atoms with E-state index in [9.17, 15) is 13.6 Å². The summed E-state index contributed by atoms with van der Waals surface area (Å²) in [5, 5.41) is 2.81. The van der Waals surface area contributed by atoms with E-state index in [1.165, 1.54) is 12.8 Å². The van der Waals surface area contributed by atoms with Crippen LogP contribution in [0.3, 0.4) is 0 Å². The van der Waals surface area contributed by atoms with Crippen LogP contribution in [0.15, 0.2) is 0 Å². The Labute approximate surface area is 93.8 Å². The lowest BCUT2D eigenvalue weighted by Crippen LogP contribution is -2.44. The minimum absolute atomic E-state index is 0.124. The Kier molecular flexibility index (Phi) is 2.08. The van der Waals surface area contributed by atoms with Crippen LogP contribution in [-0.2, 0) is 4.79 Å². The minimum Gasteiger partial charge on any atom is -0.352 e. The van der Waals surface area contributed by atoms with Gasteiger partial charge in [0, 0.05) is 12.5 Å². The van der Waals surface area contributed by atoms with Gasteiger partial charge in [-0.05, 0) is 37.5 Å². The molecular formula is C12H17F2NO. The van der Waals surface area contributed by atoms with E-state index in [1.807, 2.05) is 0 Å². The molecule has 0 heterocycles. The summed E-state index contributed by atoms with van der Waals surface area (Å²) in [5.74, 6) is -4.26. The lowest BCUT2D eigenvalue weighted by molar-refractivity contribution is -0.145. The van der Waals surface area contributed by atoms with Crippen LogP contribution in [0.2, 0.25) is 0 Å². The molecule has 3 saturated carbocycles. The Bertz CT molecular complexity index is 325. The van der Waals surface area contributed by atoms with Crippen LogP contribution < -0.4 is 5.32 Å². The standard InChI is InChI=1S/C12H17F2NO/c13-12(14)4-2-1-3-8(12)10(16)15-9-7-11(9)5-6-11/h8-9H,1-7H2,(H,15,16)/t8-,9+/m1/s1. The van der Waals surface area contributed by atoms with Crippen molar-refractivity contribution < 1.29 is 13.6 Å². The summed E-state index contributed by atoms with van der Waals surface area (Å²) in [6.07, 6.45) is 4.86. The molecular weight excluding hydrogens is 212 g/mol. The molecule has 3 fully saturated rings. The second-order valence-corrected chi connectivity index (χ2v) is 5.69. The first kappa shape index (κ1) is 10.5. The van der Waals surface area contributed by atoms with Gasteiger partial charge >= 0.3 is 0 Å². The maximum Gasteiger partial charge on any atom is 0.259 e. The van der Waals surface area contributed by atoms with Crippen molar-refractivity contribution in [2.24, 2.45) is 11.3 Å². The van der Waals surface area contributed by atoms with Crippen LogP contribution in [0.4, 0.5) is 8.78 Å². The van der Waals surface area contributed by atoms with Crippen molar-refractivity contribution >= 4 is 5.91 Å². The number of nitrogens with one attached hydrogen (secondary N) is 1. The molecule has 0 aromatic carbocycles. The molecule has 4 heteroatoms. The SMILES string of the molecule is O=C(N[C@H]1CC12CC2)[C@H]1CCCCC1(F)F. The summed E-state index contributed by atoms with van der Waals surface area (Å²) >= 11 is 0. The van der Waals surface area contributed by atoms with E-state index in [1.54, 1.807) is 0 Å². The van der Waals surface area contributed by atoms with Gasteiger partial charge in [0.25, 0.3) is 5.92 Å². The second-order valence-electron chi connectivity index (χ2n) is 5.69. The number of hydrogen-bond donors (Lipinski definition) is 1. The zero-order chi connectivity index (χ0) is 11.4. The quantitative estimate of drug-likeness (QED) is 0.774. The van der Waals surface area contributed by atoms with Gasteiger partial charge in [0.1, 0.15) is 5.92 Å². The molecule has 3 aliphatic rings. The van der Waals surface area contributed by atoms with Crippen molar-refractivity contribution in [3.05, 3.63) is 0 Å². The minimum atomic E-state index is -2.78. The van der Waals surface area contributed by atoms with Gasteiger partial charge in [0.2, 0.25) is 5.91 Å². The van der Waals surface area contributed by atoms with Gasteiger partial charge in [-0.15, -0.1) is 0 Å². The predicted molar refractivity (Wildman–Crippen MR) is 55.1 cm³/mol. The van der Waals surface area contributed by atoms with Gasteiger partial charge in [-0.3, -0.25) is 4.79 Å². The molecule has 1 N–H and O–H groups in total. The van der Waals surface area contributed by atoms with Gasteiger partial charge in [-0.1, -0.05) is 6.42 Å². The number of hydrogen-bond acceptors (Lipinski definition) is 1. The Balaban J connectivity index is 1.60. The van der Waals surface area contributed by atoms with E-state index < -0.39 is 17.7 Å². The van der Waals surface area contributed by atoms with Crippen molar-refractivity contribution in [1.29, 1.82) is 0 Å². The molecule has 0 aliphatic heterocycles. The molecule has 90 valence electrons. The largest absolute Gasteiger partial charge is 0.352 e. The number of rotatable bonds is 2. The highest BCUT2D eigenvalue weighted by Crippen LogP contribution is 2.66. The van der Waals surface area contributed by atoms with E-state index in [4.69, 9.17) is 0 Å². The predicted octanol–water partition coefficient (Wildman–Crippen LogP) is 2.48. The van der Waals surface area contributed by atoms with Crippen LogP contribution in [0.1, 0.15) is 44.9 Å². The molecule has 0 saturated heterocycles. The topological polar surface area (TPSA) is 29.1 Å². The smallest absolute Gasteiger partial charge is 0.259 e. The molecule has 2 nitrogen and oxygen atoms in total. The first-order valence-corrected chi connectivity index (χ1v) is 6.22. The maximum absolute atomic E-state index is 13.5. The van der Waals surface area contributed by atoms with Crippen molar-refractivity contribution in [3.63, 3.8) is 0 Å². The van der Waals surface area contributed by atoms with Crippen molar-refractivity contribution in [1.82, 2.24) is 5.32 Å². The van der Waals surface area contributed by atoms with Crippen molar-refractivity contribution in [2.45, 2.75) is 56.9 Å². The van der Waals surface area contributed by atoms with E-state index >= 15 is 0 Å². The van der Waals surface area contributed by atoms with E-state index in [0.717, 1.165) is 12.8 Å². The van der Waals surface area contributed by atoms with Crippen LogP contribution in [0, 0.1) is 11.3 Å². The van der Waals surface area contributed by atoms with Crippen LogP contribution in [-0.4, -0.2) is 17.9 Å². The third kappa shape index (κ3) is 1.62. The summed E-state index contributed by atoms with van der Waals surface area (Å²) in [6, 6.07) is 0.206. The third-order valence-corrected chi connectivity index (χ3v) is 4.48. The zero-order valence-corrected chi connectivity index (χ0v) is 9.27. The molecule has 0 aromatic rings. The highest BCUT2D eigenvalue weighted by atomic mass is 19.3. The van der Waals surface area contributed by atoms with Crippen LogP contribution in [0.5, 0.6) is 0 Å². The molecule has 0 aromatic heterocycles. The molecule has 1 amide bonds. The van der Waals surface area contributed by atoms with Gasteiger partial charge < -0.3 is 5.32 Å². The Hall–Kier alpha value is -0.670. The van der Waals surface area contributed by atoms with Gasteiger partial charge in [-0.2, -0.15) is 0 Å². The fraction of sp³-hybridized carbons (Fsp3) is 0.917. The fourth-order valence-corrected chi connectivity index (χ4v) is 2.95. The Morgan fingerprint density at radius 3 is 2.50 bits per heavy atom. The molecule has 0 bridgehead atoms. The number of carbonyl (C=O) groups excluding carboxylic acids is 1. The van der Waals surface area contributed by atoms with Crippen molar-refractivity contribution in [2.75, 3.05) is 0 Å². The Morgan fingerprint density at radius 1 is 1.19 bits per heavy atom. The second kappa shape index (κ2) is 3.17. The maximum atomic E-state index is 13.5. The Morgan fingerprint density at radius 2 is 1.94 bits per heavy atom. The first-order chi connectivity index (χ1) is 7.54. The molecule has 2 atom stereocenters. The molecule has 16 heavy (non-hydrogen) atoms. The molecule has 0 unspecified atom stereocenters. The van der Waals surface area contributed by atoms with Gasteiger partial charge in [0.15, 0.2) is 0 Å².